The van der Waals surface area contributed by atoms with Crippen molar-refractivity contribution in [3.05, 3.63) is 102 Å². The van der Waals surface area contributed by atoms with E-state index >= 15 is 0 Å². The van der Waals surface area contributed by atoms with Crippen molar-refractivity contribution in [2.45, 2.75) is 51.1 Å². The minimum Gasteiger partial charge on any atom is -0.507 e. The Balaban J connectivity index is 0.818. The number of phenolic OH excluding ortho intramolecular Hbond substituents is 1. The number of nitrogens with two attached hydrogens (primary N) is 1. The van der Waals surface area contributed by atoms with Crippen molar-refractivity contribution in [3.63, 3.8) is 0 Å². The number of nitrogens with one attached hydrogen (secondary N) is 1. The SMILES string of the molecule is CN(CCCCCc1cccc2c1c1cccnc1n2C1CCC(=O)NC1=O)Cc1ccc(N2CCN(c3cc(-c4ccccc4O)nnc3N)CC2)cc1. The van der Waals surface area contributed by atoms with Crippen molar-refractivity contribution in [2.24, 2.45) is 0 Å². The molecule has 3 aromatic carbocycles. The quantitative estimate of drug-likeness (QED) is 0.0998. The number of carbonyl (C=O) groups excluding carboxylic acids is 2. The number of nitrogen functional groups attached to an aromatic ring is 1. The molecule has 2 saturated heterocycles. The van der Waals surface area contributed by atoms with Gasteiger partial charge in [0.05, 0.1) is 16.9 Å². The van der Waals surface area contributed by atoms with Gasteiger partial charge < -0.3 is 30.1 Å². The number of nitrogens with zero attached hydrogens (tertiary/aromatic N) is 7. The second kappa shape index (κ2) is 15.8. The Hall–Kier alpha value is -6.01. The van der Waals surface area contributed by atoms with E-state index in [1.165, 1.54) is 16.8 Å². The zero-order valence-corrected chi connectivity index (χ0v) is 31.2. The Morgan fingerprint density at radius 1 is 0.891 bits per heavy atom. The number of aryl methyl sites for hydroxylation is 1. The van der Waals surface area contributed by atoms with Crippen LogP contribution in [-0.4, -0.2) is 81.3 Å². The minimum absolute atomic E-state index is 0.169. The van der Waals surface area contributed by atoms with Gasteiger partial charge in [-0.1, -0.05) is 42.8 Å². The average molecular weight is 738 g/mol. The number of carbonyl (C=O) groups is 2. The van der Waals surface area contributed by atoms with Crippen LogP contribution >= 0.6 is 0 Å². The van der Waals surface area contributed by atoms with Crippen LogP contribution < -0.4 is 20.9 Å². The van der Waals surface area contributed by atoms with Crippen LogP contribution in [0.3, 0.4) is 0 Å². The van der Waals surface area contributed by atoms with Gasteiger partial charge in [0.1, 0.15) is 17.4 Å². The van der Waals surface area contributed by atoms with Crippen molar-refractivity contribution in [1.29, 1.82) is 0 Å². The molecule has 2 aliphatic rings. The third-order valence-corrected chi connectivity index (χ3v) is 11.0. The van der Waals surface area contributed by atoms with E-state index in [9.17, 15) is 14.7 Å². The number of fused-ring (bicyclic) bond motifs is 3. The summed E-state index contributed by atoms with van der Waals surface area (Å²) in [5.41, 5.74) is 13.9. The molecular formula is C43H47N9O3. The van der Waals surface area contributed by atoms with Crippen molar-refractivity contribution in [2.75, 3.05) is 55.3 Å². The maximum Gasteiger partial charge on any atom is 0.249 e. The summed E-state index contributed by atoms with van der Waals surface area (Å²) in [5, 5.41) is 23.5. The van der Waals surface area contributed by atoms with Crippen LogP contribution in [0.5, 0.6) is 5.75 Å². The number of amides is 2. The second-order valence-electron chi connectivity index (χ2n) is 14.7. The standard InChI is InChI=1S/C43H47N9O3/c1-49(22-6-2-3-9-30-10-7-13-35-40(30)33-12-8-21-45-42(33)52(35)36-19-20-39(54)46-43(36)55)28-29-15-17-31(18-16-29)50-23-25-51(26-24-50)37-27-34(47-48-41(37)44)32-11-4-5-14-38(32)53/h4-5,7-8,10-18,21,27,36,53H,2-3,6,9,19-20,22-26,28H2,1H3,(H2,44,48)(H,46,54,55). The summed E-state index contributed by atoms with van der Waals surface area (Å²) in [7, 11) is 2.19. The van der Waals surface area contributed by atoms with Gasteiger partial charge in [-0.15, -0.1) is 10.2 Å². The Morgan fingerprint density at radius 2 is 1.69 bits per heavy atom. The predicted octanol–water partition coefficient (Wildman–Crippen LogP) is 6.08. The first-order chi connectivity index (χ1) is 26.8. The molecule has 0 radical (unpaired) electrons. The molecule has 1 atom stereocenters. The molecule has 0 bridgehead atoms. The summed E-state index contributed by atoms with van der Waals surface area (Å²) >= 11 is 0. The third kappa shape index (κ3) is 7.54. The third-order valence-electron chi connectivity index (χ3n) is 11.0. The lowest BCUT2D eigenvalue weighted by Crippen LogP contribution is -2.46. The molecule has 12 nitrogen and oxygen atoms in total. The first-order valence-electron chi connectivity index (χ1n) is 19.2. The van der Waals surface area contributed by atoms with Crippen LogP contribution in [0.15, 0.2) is 91.1 Å². The molecule has 0 saturated carbocycles. The fourth-order valence-corrected chi connectivity index (χ4v) is 8.20. The fourth-order valence-electron chi connectivity index (χ4n) is 8.20. The molecule has 12 heteroatoms. The highest BCUT2D eigenvalue weighted by Crippen LogP contribution is 2.36. The average Bonchev–Trinajstić information content (AvgIpc) is 3.53. The highest BCUT2D eigenvalue weighted by atomic mass is 16.3. The normalized spacial score (nSPS) is 16.4. The van der Waals surface area contributed by atoms with Crippen LogP contribution in [0.2, 0.25) is 0 Å². The van der Waals surface area contributed by atoms with Crippen molar-refractivity contribution < 1.29 is 14.7 Å². The molecule has 0 aliphatic carbocycles. The van der Waals surface area contributed by atoms with E-state index < -0.39 is 6.04 Å². The van der Waals surface area contributed by atoms with Gasteiger partial charge in [0.15, 0.2) is 5.82 Å². The van der Waals surface area contributed by atoms with E-state index in [1.807, 2.05) is 28.8 Å². The number of pyridine rings is 1. The second-order valence-corrected chi connectivity index (χ2v) is 14.7. The number of piperazine rings is 1. The molecule has 282 valence electrons. The Bertz CT molecular complexity index is 2330. The molecule has 2 aliphatic heterocycles. The monoisotopic (exact) mass is 737 g/mol. The van der Waals surface area contributed by atoms with Crippen molar-refractivity contribution >= 4 is 50.9 Å². The number of phenols is 1. The van der Waals surface area contributed by atoms with Gasteiger partial charge in [0, 0.05) is 67.4 Å². The van der Waals surface area contributed by atoms with Gasteiger partial charge >= 0.3 is 0 Å². The van der Waals surface area contributed by atoms with Gasteiger partial charge in [0.2, 0.25) is 11.8 Å². The number of rotatable bonds is 12. The Labute approximate surface area is 320 Å². The molecule has 2 fully saturated rings. The molecule has 1 unspecified atom stereocenters. The molecular weight excluding hydrogens is 691 g/mol. The number of aromatic hydroxyl groups is 1. The number of imide groups is 1. The van der Waals surface area contributed by atoms with Crippen molar-refractivity contribution in [1.82, 2.24) is 30.0 Å². The number of piperidine rings is 1. The molecule has 5 heterocycles. The first kappa shape index (κ1) is 36.0. The van der Waals surface area contributed by atoms with Gasteiger partial charge in [0.25, 0.3) is 0 Å². The number of para-hydroxylation sites is 1. The van der Waals surface area contributed by atoms with E-state index in [4.69, 9.17) is 5.73 Å². The number of unbranched alkanes of at least 4 members (excludes halogenated alkanes) is 2. The van der Waals surface area contributed by atoms with E-state index in [1.54, 1.807) is 18.3 Å². The van der Waals surface area contributed by atoms with E-state index in [2.05, 4.69) is 90.8 Å². The van der Waals surface area contributed by atoms with Crippen LogP contribution in [-0.2, 0) is 22.6 Å². The smallest absolute Gasteiger partial charge is 0.249 e. The number of hydrogen-bond donors (Lipinski definition) is 3. The van der Waals surface area contributed by atoms with Crippen LogP contribution in [0, 0.1) is 0 Å². The maximum absolute atomic E-state index is 12.9. The van der Waals surface area contributed by atoms with E-state index in [0.29, 0.717) is 29.9 Å². The van der Waals surface area contributed by atoms with E-state index in [-0.39, 0.29) is 17.6 Å². The van der Waals surface area contributed by atoms with Crippen LogP contribution in [0.1, 0.15) is 49.3 Å². The molecule has 6 aromatic rings. The van der Waals surface area contributed by atoms with E-state index in [0.717, 1.165) is 92.6 Å². The molecule has 4 N–H and O–H groups in total. The zero-order chi connectivity index (χ0) is 37.9. The highest BCUT2D eigenvalue weighted by molar-refractivity contribution is 6.10. The topological polar surface area (TPSA) is 146 Å². The van der Waals surface area contributed by atoms with Crippen LogP contribution in [0.25, 0.3) is 33.2 Å². The lowest BCUT2D eigenvalue weighted by Gasteiger charge is -2.37. The Morgan fingerprint density at radius 3 is 2.49 bits per heavy atom. The highest BCUT2D eigenvalue weighted by Gasteiger charge is 2.31. The fraction of sp³-hybridized carbons (Fsp3) is 0.326. The lowest BCUT2D eigenvalue weighted by molar-refractivity contribution is -0.135. The summed E-state index contributed by atoms with van der Waals surface area (Å²) in [4.78, 5) is 36.5. The summed E-state index contributed by atoms with van der Waals surface area (Å²) in [5.74, 6) is 0.0937. The largest absolute Gasteiger partial charge is 0.507 e. The summed E-state index contributed by atoms with van der Waals surface area (Å²) in [6, 6.07) is 27.9. The first-order valence-corrected chi connectivity index (χ1v) is 19.2. The maximum atomic E-state index is 12.9. The number of anilines is 3. The predicted molar refractivity (Wildman–Crippen MR) is 217 cm³/mol. The van der Waals surface area contributed by atoms with Gasteiger partial charge in [-0.2, -0.15) is 0 Å². The Kier molecular flexibility index (Phi) is 10.3. The number of aromatic nitrogens is 4. The lowest BCUT2D eigenvalue weighted by atomic mass is 10.0. The zero-order valence-electron chi connectivity index (χ0n) is 31.2. The van der Waals surface area contributed by atoms with Gasteiger partial charge in [-0.05, 0) is 98.9 Å². The molecule has 2 amide bonds. The number of hydrogen-bond acceptors (Lipinski definition) is 10. The van der Waals surface area contributed by atoms with Crippen molar-refractivity contribution in [3.8, 4) is 17.0 Å². The number of benzene rings is 3. The van der Waals surface area contributed by atoms with Gasteiger partial charge in [-0.25, -0.2) is 4.98 Å². The minimum atomic E-state index is -0.450. The molecule has 3 aromatic heterocycles. The molecule has 0 spiro atoms. The molecule has 55 heavy (non-hydrogen) atoms. The summed E-state index contributed by atoms with van der Waals surface area (Å²) in [6.07, 6.45) is 6.83. The molecule has 8 rings (SSSR count). The van der Waals surface area contributed by atoms with Crippen LogP contribution in [0.4, 0.5) is 17.2 Å². The summed E-state index contributed by atoms with van der Waals surface area (Å²) in [6.45, 7) is 5.25. The summed E-state index contributed by atoms with van der Waals surface area (Å²) < 4.78 is 2.03. The van der Waals surface area contributed by atoms with Gasteiger partial charge in [-0.3, -0.25) is 14.9 Å².